The van der Waals surface area contributed by atoms with Crippen LogP contribution in [0.25, 0.3) is 0 Å². The number of hydrogen-bond acceptors (Lipinski definition) is 3. The third-order valence-electron chi connectivity index (χ3n) is 7.62. The molecule has 2 fully saturated rings. The van der Waals surface area contributed by atoms with Crippen LogP contribution >= 0.6 is 0 Å². The highest BCUT2D eigenvalue weighted by atomic mass is 79.9. The van der Waals surface area contributed by atoms with E-state index in [9.17, 15) is 0 Å². The Morgan fingerprint density at radius 3 is 1.46 bits per heavy atom. The van der Waals surface area contributed by atoms with Crippen LogP contribution in [-0.2, 0) is 27.3 Å². The first-order chi connectivity index (χ1) is 17.2. The molecule has 9 heteroatoms. The van der Waals surface area contributed by atoms with Gasteiger partial charge >= 0.3 is 0 Å². The Hall–Kier alpha value is -0.940. The van der Waals surface area contributed by atoms with Crippen molar-refractivity contribution in [2.24, 2.45) is 0 Å². The van der Waals surface area contributed by atoms with Gasteiger partial charge < -0.3 is 58.0 Å². The van der Waals surface area contributed by atoms with Gasteiger partial charge in [0.1, 0.15) is 25.3 Å². The maximum absolute atomic E-state index is 5.77. The molecule has 2 saturated heterocycles. The van der Waals surface area contributed by atoms with Crippen molar-refractivity contribution in [1.29, 1.82) is 0 Å². The Labute approximate surface area is 244 Å². The average molecular weight is 647 g/mol. The van der Waals surface area contributed by atoms with E-state index in [1.165, 1.54) is 49.9 Å². The van der Waals surface area contributed by atoms with Crippen LogP contribution in [0.2, 0.25) is 0 Å². The van der Waals surface area contributed by atoms with Crippen molar-refractivity contribution in [3.8, 4) is 0 Å². The molecule has 0 aromatic carbocycles. The SMILES string of the molecule is C[NH+]1CCC[C@H]1c1ccc[n+](CCOCCOCCOCC[n+]2cccc([C@@H]3CCC[NH+]3C)c2)c1.[Br-].[Br-]. The molecule has 0 radical (unpaired) electrons. The molecule has 0 aliphatic carbocycles. The minimum Gasteiger partial charge on any atom is -1.00 e. The van der Waals surface area contributed by atoms with E-state index in [2.05, 4.69) is 72.3 Å². The van der Waals surface area contributed by atoms with Gasteiger partial charge in [-0.25, -0.2) is 9.13 Å². The highest BCUT2D eigenvalue weighted by molar-refractivity contribution is 5.10. The Morgan fingerprint density at radius 2 is 1.08 bits per heavy atom. The lowest BCUT2D eigenvalue weighted by atomic mass is 10.1. The number of rotatable bonds is 14. The Morgan fingerprint density at radius 1 is 0.676 bits per heavy atom. The summed E-state index contributed by atoms with van der Waals surface area (Å²) in [5.41, 5.74) is 2.89. The van der Waals surface area contributed by atoms with Crippen molar-refractivity contribution in [3.05, 3.63) is 60.2 Å². The fraction of sp³-hybridized carbons (Fsp3) is 0.643. The van der Waals surface area contributed by atoms with E-state index in [0.717, 1.165) is 13.1 Å². The maximum atomic E-state index is 5.77. The van der Waals surface area contributed by atoms with Gasteiger partial charge in [0.05, 0.1) is 64.7 Å². The predicted molar refractivity (Wildman–Crippen MR) is 133 cm³/mol. The van der Waals surface area contributed by atoms with E-state index < -0.39 is 0 Å². The van der Waals surface area contributed by atoms with Crippen LogP contribution < -0.4 is 52.9 Å². The third-order valence-corrected chi connectivity index (χ3v) is 7.62. The van der Waals surface area contributed by atoms with Gasteiger partial charge in [-0.05, 0) is 12.1 Å². The van der Waals surface area contributed by atoms with Gasteiger partial charge in [0, 0.05) is 37.8 Å². The molecule has 37 heavy (non-hydrogen) atoms. The van der Waals surface area contributed by atoms with Gasteiger partial charge in [-0.15, -0.1) is 0 Å². The van der Waals surface area contributed by atoms with Crippen LogP contribution in [0.1, 0.15) is 48.9 Å². The molecule has 0 saturated carbocycles. The highest BCUT2D eigenvalue weighted by Gasteiger charge is 2.29. The molecular formula is C28H46Br2N4O3+2. The van der Waals surface area contributed by atoms with E-state index in [1.807, 2.05) is 0 Å². The highest BCUT2D eigenvalue weighted by Crippen LogP contribution is 2.17. The molecule has 7 nitrogen and oxygen atoms in total. The number of pyridine rings is 2. The summed E-state index contributed by atoms with van der Waals surface area (Å²) in [7, 11) is 4.61. The number of halogens is 2. The van der Waals surface area contributed by atoms with Gasteiger partial charge in [0.25, 0.3) is 0 Å². The summed E-state index contributed by atoms with van der Waals surface area (Å²) in [5, 5.41) is 0. The minimum absolute atomic E-state index is 0. The summed E-state index contributed by atoms with van der Waals surface area (Å²) in [6.45, 7) is 8.17. The third kappa shape index (κ3) is 10.3. The normalized spacial score (nSPS) is 23.0. The molecule has 2 aromatic rings. The molecule has 4 atom stereocenters. The quantitative estimate of drug-likeness (QED) is 0.159. The lowest BCUT2D eigenvalue weighted by Gasteiger charge is -2.15. The van der Waals surface area contributed by atoms with Gasteiger partial charge in [0.2, 0.25) is 0 Å². The second kappa shape index (κ2) is 17.6. The van der Waals surface area contributed by atoms with Crippen LogP contribution in [0.4, 0.5) is 0 Å². The van der Waals surface area contributed by atoms with Gasteiger partial charge in [-0.1, -0.05) is 0 Å². The zero-order valence-electron chi connectivity index (χ0n) is 22.5. The summed E-state index contributed by atoms with van der Waals surface area (Å²) < 4.78 is 21.7. The van der Waals surface area contributed by atoms with Crippen LogP contribution in [0.3, 0.4) is 0 Å². The van der Waals surface area contributed by atoms with Gasteiger partial charge in [-0.3, -0.25) is 0 Å². The maximum Gasteiger partial charge on any atom is 0.178 e. The zero-order chi connectivity index (χ0) is 24.3. The number of nitrogens with zero attached hydrogens (tertiary/aromatic N) is 2. The first-order valence-electron chi connectivity index (χ1n) is 13.6. The topological polar surface area (TPSA) is 44.3 Å². The van der Waals surface area contributed by atoms with Crippen LogP contribution in [0.15, 0.2) is 49.1 Å². The van der Waals surface area contributed by atoms with Crippen molar-refractivity contribution in [3.63, 3.8) is 0 Å². The molecule has 0 bridgehead atoms. The summed E-state index contributed by atoms with van der Waals surface area (Å²) >= 11 is 0. The summed E-state index contributed by atoms with van der Waals surface area (Å²) in [6.07, 6.45) is 14.1. The molecule has 208 valence electrons. The van der Waals surface area contributed by atoms with Crippen LogP contribution in [-0.4, -0.2) is 66.8 Å². The van der Waals surface area contributed by atoms with Crippen molar-refractivity contribution >= 4 is 0 Å². The molecular weight excluding hydrogens is 600 g/mol. The number of nitrogens with one attached hydrogen (secondary N) is 2. The number of likely N-dealkylation sites (tertiary alicyclic amines) is 2. The summed E-state index contributed by atoms with van der Waals surface area (Å²) in [4.78, 5) is 3.25. The lowest BCUT2D eigenvalue weighted by molar-refractivity contribution is -0.899. The molecule has 0 spiro atoms. The smallest absolute Gasteiger partial charge is 0.178 e. The molecule has 2 aliphatic heterocycles. The molecule has 2 aliphatic rings. The number of hydrogen-bond donors (Lipinski definition) is 2. The van der Waals surface area contributed by atoms with E-state index in [4.69, 9.17) is 14.2 Å². The predicted octanol–water partition coefficient (Wildman–Crippen LogP) is -6.28. The summed E-state index contributed by atoms with van der Waals surface area (Å²) in [6, 6.07) is 10.1. The van der Waals surface area contributed by atoms with Crippen molar-refractivity contribution in [2.45, 2.75) is 50.9 Å². The van der Waals surface area contributed by atoms with Gasteiger partial charge in [0.15, 0.2) is 37.9 Å². The first-order valence-corrected chi connectivity index (χ1v) is 13.6. The number of quaternary nitrogens is 2. The molecule has 4 rings (SSSR count). The molecule has 4 heterocycles. The van der Waals surface area contributed by atoms with Crippen LogP contribution in [0, 0.1) is 0 Å². The van der Waals surface area contributed by atoms with Gasteiger partial charge in [-0.2, -0.15) is 0 Å². The standard InChI is InChI=1S/C28H44N4O3.2BrH/c1-29-11-5-9-27(29)25-7-3-13-31(23-25)15-17-33-19-21-35-22-20-34-18-16-32-14-4-8-26(24-32)28-10-6-12-30(28)2;;/h3-4,7-8,13-14,23-24,27-28H,5-6,9-12,15-22H2,1-2H3;2*1H/q+2;;/t27-,28-;;/m0../s1. The van der Waals surface area contributed by atoms with Crippen molar-refractivity contribution in [1.82, 2.24) is 0 Å². The minimum atomic E-state index is 0. The average Bonchev–Trinajstić information content (AvgIpc) is 3.50. The van der Waals surface area contributed by atoms with Crippen molar-refractivity contribution < 1.29 is 67.1 Å². The monoisotopic (exact) mass is 644 g/mol. The molecule has 2 N–H and O–H groups in total. The largest absolute Gasteiger partial charge is 1.00 e. The first kappa shape index (κ1) is 32.3. The van der Waals surface area contributed by atoms with Crippen molar-refractivity contribution in [2.75, 3.05) is 66.8 Å². The second-order valence-electron chi connectivity index (χ2n) is 10.2. The molecule has 2 unspecified atom stereocenters. The molecule has 2 aromatic heterocycles. The van der Waals surface area contributed by atoms with E-state index in [1.54, 1.807) is 9.80 Å². The Balaban J connectivity index is 0.00000241. The number of ether oxygens (including phenoxy) is 3. The second-order valence-corrected chi connectivity index (χ2v) is 10.2. The fourth-order valence-electron chi connectivity index (χ4n) is 5.57. The molecule has 0 amide bonds. The lowest BCUT2D eigenvalue weighted by Crippen LogP contribution is -3.07. The fourth-order valence-corrected chi connectivity index (χ4v) is 5.57. The Kier molecular flexibility index (Phi) is 15.4. The number of aromatic nitrogens is 2. The van der Waals surface area contributed by atoms with E-state index >= 15 is 0 Å². The van der Waals surface area contributed by atoms with E-state index in [-0.39, 0.29) is 34.0 Å². The zero-order valence-corrected chi connectivity index (χ0v) is 25.7. The summed E-state index contributed by atoms with van der Waals surface area (Å²) in [5.74, 6) is 0. The van der Waals surface area contributed by atoms with Crippen LogP contribution in [0.5, 0.6) is 0 Å². The Bertz CT molecular complexity index is 836. The van der Waals surface area contributed by atoms with E-state index in [0.29, 0.717) is 51.7 Å².